The highest BCUT2D eigenvalue weighted by molar-refractivity contribution is 5.80. The summed E-state index contributed by atoms with van der Waals surface area (Å²) in [6.07, 6.45) is 6.26. The van der Waals surface area contributed by atoms with E-state index in [0.717, 1.165) is 30.5 Å². The molecule has 1 aliphatic carbocycles. The number of rotatable bonds is 6. The molecule has 1 aromatic carbocycles. The van der Waals surface area contributed by atoms with Crippen molar-refractivity contribution in [3.63, 3.8) is 0 Å². The minimum Gasteiger partial charge on any atom is -0.481 e. The van der Waals surface area contributed by atoms with E-state index < -0.39 is 11.5 Å². The normalized spacial score (nSPS) is 15.7. The molecule has 2 N–H and O–H groups in total. The molecule has 6 heteroatoms. The lowest BCUT2D eigenvalue weighted by Gasteiger charge is -2.41. The number of nitrogens with one attached hydrogen (secondary N) is 1. The zero-order valence-electron chi connectivity index (χ0n) is 12.7. The van der Waals surface area contributed by atoms with Crippen LogP contribution in [-0.2, 0) is 16.0 Å². The van der Waals surface area contributed by atoms with Gasteiger partial charge in [-0.3, -0.25) is 9.59 Å². The quantitative estimate of drug-likeness (QED) is 0.853. The SMILES string of the molecule is O=C(O)CC1(NC(=O)Cc2ccc(-n3cccn3)cc2)CCC1. The van der Waals surface area contributed by atoms with Crippen molar-refractivity contribution in [3.05, 3.63) is 48.3 Å². The molecule has 0 saturated heterocycles. The number of aliphatic carboxylic acids is 1. The van der Waals surface area contributed by atoms with Crippen LogP contribution < -0.4 is 5.32 Å². The lowest BCUT2D eigenvalue weighted by molar-refractivity contribution is -0.140. The Morgan fingerprint density at radius 1 is 1.26 bits per heavy atom. The molecule has 1 fully saturated rings. The molecular weight excluding hydrogens is 294 g/mol. The molecule has 1 heterocycles. The van der Waals surface area contributed by atoms with Gasteiger partial charge in [0.25, 0.3) is 0 Å². The van der Waals surface area contributed by atoms with Crippen LogP contribution in [0.1, 0.15) is 31.2 Å². The highest BCUT2D eigenvalue weighted by Crippen LogP contribution is 2.34. The molecular formula is C17H19N3O3. The molecule has 0 atom stereocenters. The molecule has 1 amide bonds. The van der Waals surface area contributed by atoms with Crippen molar-refractivity contribution in [2.75, 3.05) is 0 Å². The molecule has 6 nitrogen and oxygen atoms in total. The summed E-state index contributed by atoms with van der Waals surface area (Å²) < 4.78 is 1.75. The summed E-state index contributed by atoms with van der Waals surface area (Å²) in [6, 6.07) is 9.45. The summed E-state index contributed by atoms with van der Waals surface area (Å²) in [5, 5.41) is 16.0. The number of hydrogen-bond donors (Lipinski definition) is 2. The Balaban J connectivity index is 1.60. The minimum atomic E-state index is -0.867. The van der Waals surface area contributed by atoms with E-state index in [-0.39, 0.29) is 18.7 Å². The Morgan fingerprint density at radius 3 is 2.52 bits per heavy atom. The second-order valence-corrected chi connectivity index (χ2v) is 6.05. The smallest absolute Gasteiger partial charge is 0.305 e. The minimum absolute atomic E-state index is 0.00300. The van der Waals surface area contributed by atoms with Gasteiger partial charge in [-0.25, -0.2) is 4.68 Å². The number of benzene rings is 1. The number of nitrogens with zero attached hydrogens (tertiary/aromatic N) is 2. The van der Waals surface area contributed by atoms with Crippen LogP contribution in [0.2, 0.25) is 0 Å². The van der Waals surface area contributed by atoms with Gasteiger partial charge in [0.05, 0.1) is 24.1 Å². The third-order valence-electron chi connectivity index (χ3n) is 4.27. The molecule has 120 valence electrons. The van der Waals surface area contributed by atoms with Crippen molar-refractivity contribution in [2.24, 2.45) is 0 Å². The maximum absolute atomic E-state index is 12.2. The topological polar surface area (TPSA) is 84.2 Å². The van der Waals surface area contributed by atoms with E-state index >= 15 is 0 Å². The lowest BCUT2D eigenvalue weighted by Crippen LogP contribution is -2.55. The van der Waals surface area contributed by atoms with Crippen molar-refractivity contribution in [1.82, 2.24) is 15.1 Å². The molecule has 0 radical (unpaired) electrons. The van der Waals surface area contributed by atoms with Crippen LogP contribution in [0.25, 0.3) is 5.69 Å². The highest BCUT2D eigenvalue weighted by Gasteiger charge is 2.40. The number of carbonyl (C=O) groups is 2. The average molecular weight is 313 g/mol. The van der Waals surface area contributed by atoms with Crippen LogP contribution in [0.5, 0.6) is 0 Å². The summed E-state index contributed by atoms with van der Waals surface area (Å²) in [5.74, 6) is -0.994. The Labute approximate surface area is 134 Å². The number of carbonyl (C=O) groups excluding carboxylic acids is 1. The third-order valence-corrected chi connectivity index (χ3v) is 4.27. The zero-order valence-corrected chi connectivity index (χ0v) is 12.7. The molecule has 23 heavy (non-hydrogen) atoms. The predicted octanol–water partition coefficient (Wildman–Crippen LogP) is 1.93. The van der Waals surface area contributed by atoms with Crippen LogP contribution in [0.3, 0.4) is 0 Å². The summed E-state index contributed by atoms with van der Waals surface area (Å²) in [4.78, 5) is 23.1. The van der Waals surface area contributed by atoms with Gasteiger partial charge in [-0.15, -0.1) is 0 Å². The number of amides is 1. The first-order valence-corrected chi connectivity index (χ1v) is 7.68. The Morgan fingerprint density at radius 2 is 2.00 bits per heavy atom. The second-order valence-electron chi connectivity index (χ2n) is 6.05. The average Bonchev–Trinajstić information content (AvgIpc) is 2.99. The van der Waals surface area contributed by atoms with E-state index in [0.29, 0.717) is 0 Å². The zero-order chi connectivity index (χ0) is 16.3. The fourth-order valence-corrected chi connectivity index (χ4v) is 2.95. The van der Waals surface area contributed by atoms with Crippen molar-refractivity contribution >= 4 is 11.9 Å². The standard InChI is InChI=1S/C17H19N3O3/c21-15(19-17(7-1-8-17)12-16(22)23)11-13-3-5-14(6-4-13)20-10-2-9-18-20/h2-6,9-10H,1,7-8,11-12H2,(H,19,21)(H,22,23). The number of aromatic nitrogens is 2. The van der Waals surface area contributed by atoms with Gasteiger partial charge in [0.1, 0.15) is 0 Å². The van der Waals surface area contributed by atoms with Gasteiger partial charge >= 0.3 is 5.97 Å². The highest BCUT2D eigenvalue weighted by atomic mass is 16.4. The van der Waals surface area contributed by atoms with E-state index in [2.05, 4.69) is 10.4 Å². The van der Waals surface area contributed by atoms with Crippen molar-refractivity contribution in [1.29, 1.82) is 0 Å². The monoisotopic (exact) mass is 313 g/mol. The van der Waals surface area contributed by atoms with Crippen LogP contribution >= 0.6 is 0 Å². The van der Waals surface area contributed by atoms with Crippen molar-refractivity contribution in [3.8, 4) is 5.69 Å². The number of carboxylic acid groups (broad SMARTS) is 1. The molecule has 1 aliphatic rings. The summed E-state index contributed by atoms with van der Waals surface area (Å²) in [5.41, 5.74) is 1.28. The van der Waals surface area contributed by atoms with E-state index in [1.807, 2.05) is 36.5 Å². The molecule has 0 spiro atoms. The van der Waals surface area contributed by atoms with E-state index in [1.165, 1.54) is 0 Å². The third kappa shape index (κ3) is 3.59. The van der Waals surface area contributed by atoms with E-state index in [4.69, 9.17) is 5.11 Å². The maximum Gasteiger partial charge on any atom is 0.305 e. The number of carboxylic acids is 1. The van der Waals surface area contributed by atoms with E-state index in [9.17, 15) is 9.59 Å². The number of hydrogen-bond acceptors (Lipinski definition) is 3. The summed E-state index contributed by atoms with van der Waals surface area (Å²) >= 11 is 0. The molecule has 0 unspecified atom stereocenters. The van der Waals surface area contributed by atoms with Crippen LogP contribution in [0.15, 0.2) is 42.7 Å². The molecule has 0 aliphatic heterocycles. The van der Waals surface area contributed by atoms with Gasteiger partial charge in [0, 0.05) is 12.4 Å². The first-order chi connectivity index (χ1) is 11.1. The molecule has 3 rings (SSSR count). The van der Waals surface area contributed by atoms with Crippen molar-refractivity contribution in [2.45, 2.75) is 37.6 Å². The fourth-order valence-electron chi connectivity index (χ4n) is 2.95. The van der Waals surface area contributed by atoms with Crippen LogP contribution in [-0.4, -0.2) is 32.3 Å². The van der Waals surface area contributed by atoms with Gasteiger partial charge in [-0.2, -0.15) is 5.10 Å². The molecule has 0 bridgehead atoms. The first kappa shape index (κ1) is 15.3. The van der Waals surface area contributed by atoms with Gasteiger partial charge in [-0.1, -0.05) is 12.1 Å². The van der Waals surface area contributed by atoms with Crippen LogP contribution in [0, 0.1) is 0 Å². The van der Waals surface area contributed by atoms with Gasteiger partial charge < -0.3 is 10.4 Å². The Kier molecular flexibility index (Phi) is 4.14. The second kappa shape index (κ2) is 6.24. The first-order valence-electron chi connectivity index (χ1n) is 7.68. The fraction of sp³-hybridized carbons (Fsp3) is 0.353. The van der Waals surface area contributed by atoms with E-state index in [1.54, 1.807) is 10.9 Å². The maximum atomic E-state index is 12.2. The van der Waals surface area contributed by atoms with Crippen LogP contribution in [0.4, 0.5) is 0 Å². The largest absolute Gasteiger partial charge is 0.481 e. The van der Waals surface area contributed by atoms with Crippen molar-refractivity contribution < 1.29 is 14.7 Å². The van der Waals surface area contributed by atoms with Gasteiger partial charge in [0.15, 0.2) is 0 Å². The lowest BCUT2D eigenvalue weighted by atomic mass is 9.74. The van der Waals surface area contributed by atoms with Gasteiger partial charge in [-0.05, 0) is 43.0 Å². The molecule has 2 aromatic rings. The summed E-state index contributed by atoms with van der Waals surface area (Å²) in [7, 11) is 0. The summed E-state index contributed by atoms with van der Waals surface area (Å²) in [6.45, 7) is 0. The molecule has 1 saturated carbocycles. The Bertz CT molecular complexity index is 688. The predicted molar refractivity (Wildman–Crippen MR) is 84.2 cm³/mol. The molecule has 1 aromatic heterocycles. The van der Waals surface area contributed by atoms with Gasteiger partial charge in [0.2, 0.25) is 5.91 Å². The Hall–Kier alpha value is -2.63.